The fraction of sp³-hybridized carbons (Fsp3) is 0.167. The Balaban J connectivity index is 2.01. The highest BCUT2D eigenvalue weighted by atomic mass is 16.5. The topological polar surface area (TPSA) is 56.0 Å². The minimum Gasteiger partial charge on any atom is -0.489 e. The molecule has 0 spiro atoms. The Morgan fingerprint density at radius 3 is 2.65 bits per heavy atom. The molecule has 116 valence electrons. The Morgan fingerprint density at radius 1 is 1.26 bits per heavy atom. The minimum absolute atomic E-state index is 0.314. The molecule has 0 amide bonds. The number of aromatic nitrogens is 2. The van der Waals surface area contributed by atoms with Gasteiger partial charge in [-0.3, -0.25) is 4.40 Å². The van der Waals surface area contributed by atoms with Gasteiger partial charge in [0.15, 0.2) is 0 Å². The molecule has 0 N–H and O–H groups in total. The van der Waals surface area contributed by atoms with Crippen molar-refractivity contribution >= 4 is 11.5 Å². The van der Waals surface area contributed by atoms with Gasteiger partial charge in [-0.15, -0.1) is 4.91 Å². The predicted molar refractivity (Wildman–Crippen MR) is 91.1 cm³/mol. The van der Waals surface area contributed by atoms with Crippen LogP contribution < -0.4 is 4.74 Å². The summed E-state index contributed by atoms with van der Waals surface area (Å²) in [5.74, 6) is 1.06. The second-order valence-corrected chi connectivity index (χ2v) is 5.51. The third-order valence-corrected chi connectivity index (χ3v) is 3.51. The molecular formula is C18H17N3O2. The van der Waals surface area contributed by atoms with Crippen molar-refractivity contribution < 1.29 is 4.74 Å². The van der Waals surface area contributed by atoms with Crippen LogP contribution in [0.3, 0.4) is 0 Å². The normalized spacial score (nSPS) is 10.7. The van der Waals surface area contributed by atoms with E-state index in [1.54, 1.807) is 4.40 Å². The fourth-order valence-electron chi connectivity index (χ4n) is 2.43. The molecule has 23 heavy (non-hydrogen) atoms. The first-order chi connectivity index (χ1) is 11.1. The molecule has 0 saturated carbocycles. The van der Waals surface area contributed by atoms with E-state index in [0.717, 1.165) is 22.6 Å². The molecule has 0 atom stereocenters. The average Bonchev–Trinajstić information content (AvgIpc) is 2.93. The van der Waals surface area contributed by atoms with Gasteiger partial charge in [-0.05, 0) is 61.0 Å². The molecule has 0 aliphatic carbocycles. The Hall–Kier alpha value is -2.95. The Labute approximate surface area is 134 Å². The van der Waals surface area contributed by atoms with E-state index in [2.05, 4.69) is 16.7 Å². The second-order valence-electron chi connectivity index (χ2n) is 5.51. The standard InChI is InChI=1S/C18H17N3O2/c1-12(2)11-23-15-9-7-14(8-10-15)17-18(20-22)21-13(3)5-4-6-16(21)19-17/h4-10H,1,11H2,2-3H3. The molecule has 5 heteroatoms. The monoisotopic (exact) mass is 307 g/mol. The van der Waals surface area contributed by atoms with Crippen molar-refractivity contribution in [3.63, 3.8) is 0 Å². The van der Waals surface area contributed by atoms with Gasteiger partial charge in [0.05, 0.1) is 0 Å². The highest BCUT2D eigenvalue weighted by Gasteiger charge is 2.16. The molecule has 1 aromatic carbocycles. The molecule has 2 heterocycles. The predicted octanol–water partition coefficient (Wildman–Crippen LogP) is 4.66. The Bertz CT molecular complexity index is 879. The van der Waals surface area contributed by atoms with Gasteiger partial charge in [0.1, 0.15) is 23.7 Å². The minimum atomic E-state index is 0.314. The lowest BCUT2D eigenvalue weighted by molar-refractivity contribution is 0.353. The summed E-state index contributed by atoms with van der Waals surface area (Å²) in [6.45, 7) is 8.12. The van der Waals surface area contributed by atoms with E-state index in [1.165, 1.54) is 0 Å². The van der Waals surface area contributed by atoms with Gasteiger partial charge in [-0.25, -0.2) is 4.98 Å². The lowest BCUT2D eigenvalue weighted by Crippen LogP contribution is -1.97. The van der Waals surface area contributed by atoms with Crippen LogP contribution in [0.2, 0.25) is 0 Å². The first-order valence-corrected chi connectivity index (χ1v) is 7.29. The molecule has 0 radical (unpaired) electrons. The van der Waals surface area contributed by atoms with Crippen molar-refractivity contribution in [3.8, 4) is 17.0 Å². The summed E-state index contributed by atoms with van der Waals surface area (Å²) in [4.78, 5) is 15.9. The molecule has 0 unspecified atom stereocenters. The number of benzene rings is 1. The smallest absolute Gasteiger partial charge is 0.209 e. The number of ether oxygens (including phenoxy) is 1. The third-order valence-electron chi connectivity index (χ3n) is 3.51. The van der Waals surface area contributed by atoms with E-state index < -0.39 is 0 Å². The largest absolute Gasteiger partial charge is 0.489 e. The molecule has 3 aromatic rings. The van der Waals surface area contributed by atoms with Gasteiger partial charge in [0.25, 0.3) is 0 Å². The maximum absolute atomic E-state index is 11.3. The van der Waals surface area contributed by atoms with Crippen LogP contribution >= 0.6 is 0 Å². The number of rotatable bonds is 5. The molecule has 0 aliphatic rings. The summed E-state index contributed by atoms with van der Waals surface area (Å²) < 4.78 is 7.34. The van der Waals surface area contributed by atoms with E-state index in [0.29, 0.717) is 23.8 Å². The number of fused-ring (bicyclic) bond motifs is 1. The zero-order chi connectivity index (χ0) is 16.4. The molecule has 0 fully saturated rings. The molecule has 2 aromatic heterocycles. The number of aryl methyl sites for hydroxylation is 1. The number of nitrogens with zero attached hydrogens (tertiary/aromatic N) is 3. The summed E-state index contributed by atoms with van der Waals surface area (Å²) >= 11 is 0. The van der Waals surface area contributed by atoms with Crippen LogP contribution in [0.5, 0.6) is 5.75 Å². The van der Waals surface area contributed by atoms with Crippen molar-refractivity contribution in [2.45, 2.75) is 13.8 Å². The lowest BCUT2D eigenvalue weighted by Gasteiger charge is -2.06. The molecule has 0 saturated heterocycles. The average molecular weight is 307 g/mol. The summed E-state index contributed by atoms with van der Waals surface area (Å²) in [6, 6.07) is 13.1. The summed E-state index contributed by atoms with van der Waals surface area (Å²) in [6.07, 6.45) is 0. The molecular weight excluding hydrogens is 290 g/mol. The van der Waals surface area contributed by atoms with Gasteiger partial charge in [0.2, 0.25) is 5.82 Å². The van der Waals surface area contributed by atoms with Crippen LogP contribution in [0.4, 0.5) is 5.82 Å². The Morgan fingerprint density at radius 2 is 2.00 bits per heavy atom. The third kappa shape index (κ3) is 2.85. The number of nitroso groups, excluding NO2 is 1. The van der Waals surface area contributed by atoms with Gasteiger partial charge in [0, 0.05) is 11.3 Å². The van der Waals surface area contributed by atoms with Gasteiger partial charge >= 0.3 is 0 Å². The molecule has 3 rings (SSSR count). The number of pyridine rings is 1. The van der Waals surface area contributed by atoms with Gasteiger partial charge in [-0.1, -0.05) is 12.6 Å². The first-order valence-electron chi connectivity index (χ1n) is 7.29. The van der Waals surface area contributed by atoms with E-state index in [-0.39, 0.29) is 0 Å². The maximum atomic E-state index is 11.3. The summed E-state index contributed by atoms with van der Waals surface area (Å²) in [5, 5.41) is 3.19. The van der Waals surface area contributed by atoms with Gasteiger partial charge in [-0.2, -0.15) is 0 Å². The van der Waals surface area contributed by atoms with Crippen molar-refractivity contribution in [2.75, 3.05) is 6.61 Å². The zero-order valence-electron chi connectivity index (χ0n) is 13.1. The number of imidazole rings is 1. The van der Waals surface area contributed by atoms with E-state index in [4.69, 9.17) is 4.74 Å². The van der Waals surface area contributed by atoms with Crippen LogP contribution in [0.1, 0.15) is 12.6 Å². The number of hydrogen-bond donors (Lipinski definition) is 0. The summed E-state index contributed by atoms with van der Waals surface area (Å²) in [7, 11) is 0. The lowest BCUT2D eigenvalue weighted by atomic mass is 10.1. The van der Waals surface area contributed by atoms with Crippen molar-refractivity contribution in [1.29, 1.82) is 0 Å². The van der Waals surface area contributed by atoms with E-state index in [1.807, 2.05) is 56.3 Å². The second kappa shape index (κ2) is 6.04. The highest BCUT2D eigenvalue weighted by Crippen LogP contribution is 2.32. The van der Waals surface area contributed by atoms with E-state index >= 15 is 0 Å². The van der Waals surface area contributed by atoms with Crippen LogP contribution in [-0.2, 0) is 0 Å². The van der Waals surface area contributed by atoms with Crippen molar-refractivity contribution in [2.24, 2.45) is 5.18 Å². The van der Waals surface area contributed by atoms with Crippen LogP contribution in [-0.4, -0.2) is 16.0 Å². The van der Waals surface area contributed by atoms with Crippen LogP contribution in [0.25, 0.3) is 16.9 Å². The highest BCUT2D eigenvalue weighted by molar-refractivity contribution is 5.75. The molecule has 0 aliphatic heterocycles. The zero-order valence-corrected chi connectivity index (χ0v) is 13.1. The summed E-state index contributed by atoms with van der Waals surface area (Å²) in [5.41, 5.74) is 3.97. The Kier molecular flexibility index (Phi) is 3.93. The van der Waals surface area contributed by atoms with Crippen molar-refractivity contribution in [1.82, 2.24) is 9.38 Å². The van der Waals surface area contributed by atoms with Gasteiger partial charge < -0.3 is 4.74 Å². The molecule has 0 bridgehead atoms. The van der Waals surface area contributed by atoms with Crippen LogP contribution in [0.15, 0.2) is 59.8 Å². The quantitative estimate of drug-likeness (QED) is 0.508. The molecule has 5 nitrogen and oxygen atoms in total. The maximum Gasteiger partial charge on any atom is 0.209 e. The SMILES string of the molecule is C=C(C)COc1ccc(-c2nc3cccc(C)n3c2N=O)cc1. The number of hydrogen-bond acceptors (Lipinski definition) is 4. The van der Waals surface area contributed by atoms with E-state index in [9.17, 15) is 4.91 Å². The van der Waals surface area contributed by atoms with Crippen molar-refractivity contribution in [3.05, 3.63) is 65.2 Å². The van der Waals surface area contributed by atoms with Crippen LogP contribution in [0, 0.1) is 11.8 Å². The fourth-order valence-corrected chi connectivity index (χ4v) is 2.43. The first kappa shape index (κ1) is 15.0.